The van der Waals surface area contributed by atoms with Crippen molar-refractivity contribution in [2.75, 3.05) is 13.6 Å². The standard InChI is InChI=1S/C16H30N2O3/c1-12(2)13(3)18(4)15(21)17-11-16(14(19)20)9-7-5-6-8-10-16/h12-13H,5-11H2,1-4H3,(H,17,21)(H,19,20). The van der Waals surface area contributed by atoms with E-state index in [2.05, 4.69) is 19.2 Å². The van der Waals surface area contributed by atoms with E-state index in [1.54, 1.807) is 11.9 Å². The van der Waals surface area contributed by atoms with Gasteiger partial charge in [-0.2, -0.15) is 0 Å². The van der Waals surface area contributed by atoms with E-state index in [9.17, 15) is 14.7 Å². The van der Waals surface area contributed by atoms with E-state index in [4.69, 9.17) is 0 Å². The van der Waals surface area contributed by atoms with Crippen molar-refractivity contribution in [1.29, 1.82) is 0 Å². The van der Waals surface area contributed by atoms with Crippen molar-refractivity contribution in [3.63, 3.8) is 0 Å². The summed E-state index contributed by atoms with van der Waals surface area (Å²) in [6.45, 7) is 6.37. The summed E-state index contributed by atoms with van der Waals surface area (Å²) in [6, 6.07) is -0.0546. The van der Waals surface area contributed by atoms with Gasteiger partial charge >= 0.3 is 12.0 Å². The van der Waals surface area contributed by atoms with Crippen LogP contribution in [0.5, 0.6) is 0 Å². The number of hydrogen-bond acceptors (Lipinski definition) is 2. The number of carboxylic acid groups (broad SMARTS) is 1. The maximum atomic E-state index is 12.2. The van der Waals surface area contributed by atoms with Crippen LogP contribution in [-0.2, 0) is 4.79 Å². The summed E-state index contributed by atoms with van der Waals surface area (Å²) >= 11 is 0. The molecule has 21 heavy (non-hydrogen) atoms. The van der Waals surface area contributed by atoms with Crippen LogP contribution < -0.4 is 5.32 Å². The molecule has 1 saturated carbocycles. The van der Waals surface area contributed by atoms with Crippen molar-refractivity contribution in [3.05, 3.63) is 0 Å². The van der Waals surface area contributed by atoms with Gasteiger partial charge in [0, 0.05) is 19.6 Å². The molecule has 1 aliphatic carbocycles. The number of urea groups is 1. The van der Waals surface area contributed by atoms with Gasteiger partial charge in [-0.1, -0.05) is 39.5 Å². The van der Waals surface area contributed by atoms with Gasteiger partial charge in [-0.15, -0.1) is 0 Å². The fourth-order valence-corrected chi connectivity index (χ4v) is 2.87. The van der Waals surface area contributed by atoms with Crippen LogP contribution in [0.1, 0.15) is 59.3 Å². The zero-order valence-corrected chi connectivity index (χ0v) is 13.8. The number of carboxylic acids is 1. The largest absolute Gasteiger partial charge is 0.481 e. The Balaban J connectivity index is 2.65. The molecule has 1 unspecified atom stereocenters. The molecule has 0 saturated heterocycles. The minimum absolute atomic E-state index is 0.125. The Kier molecular flexibility index (Phi) is 6.49. The van der Waals surface area contributed by atoms with Crippen LogP contribution in [0, 0.1) is 11.3 Å². The zero-order chi connectivity index (χ0) is 16.0. The van der Waals surface area contributed by atoms with Crippen molar-refractivity contribution in [2.45, 2.75) is 65.3 Å². The van der Waals surface area contributed by atoms with E-state index < -0.39 is 11.4 Å². The molecule has 0 spiro atoms. The molecule has 0 heterocycles. The first-order chi connectivity index (χ1) is 9.80. The Bertz CT molecular complexity index is 361. The Hall–Kier alpha value is -1.26. The lowest BCUT2D eigenvalue weighted by Crippen LogP contribution is -2.49. The van der Waals surface area contributed by atoms with E-state index in [1.165, 1.54) is 0 Å². The lowest BCUT2D eigenvalue weighted by molar-refractivity contribution is -0.149. The highest BCUT2D eigenvalue weighted by Gasteiger charge is 2.39. The average molecular weight is 298 g/mol. The predicted octanol–water partition coefficient (Wildman–Crippen LogP) is 3.10. The van der Waals surface area contributed by atoms with E-state index >= 15 is 0 Å². The summed E-state index contributed by atoms with van der Waals surface area (Å²) in [6.07, 6.45) is 5.36. The molecular weight excluding hydrogens is 268 g/mol. The highest BCUT2D eigenvalue weighted by Crippen LogP contribution is 2.34. The van der Waals surface area contributed by atoms with E-state index in [0.717, 1.165) is 25.7 Å². The van der Waals surface area contributed by atoms with Gasteiger partial charge in [0.1, 0.15) is 0 Å². The Labute approximate surface area is 128 Å². The molecule has 2 N–H and O–H groups in total. The van der Waals surface area contributed by atoms with Gasteiger partial charge in [-0.05, 0) is 25.7 Å². The number of carbonyl (C=O) groups excluding carboxylic acids is 1. The van der Waals surface area contributed by atoms with Gasteiger partial charge in [0.25, 0.3) is 0 Å². The fourth-order valence-electron chi connectivity index (χ4n) is 2.87. The molecule has 1 aliphatic rings. The van der Waals surface area contributed by atoms with E-state index in [1.807, 2.05) is 6.92 Å². The first-order valence-corrected chi connectivity index (χ1v) is 8.04. The van der Waals surface area contributed by atoms with Crippen molar-refractivity contribution in [1.82, 2.24) is 10.2 Å². The number of aliphatic carboxylic acids is 1. The summed E-state index contributed by atoms with van der Waals surface area (Å²) < 4.78 is 0. The molecule has 0 aromatic heterocycles. The highest BCUT2D eigenvalue weighted by molar-refractivity contribution is 5.78. The van der Waals surface area contributed by atoms with Gasteiger partial charge < -0.3 is 15.3 Å². The molecule has 0 aromatic rings. The third-order valence-corrected chi connectivity index (χ3v) is 4.99. The monoisotopic (exact) mass is 298 g/mol. The first-order valence-electron chi connectivity index (χ1n) is 8.04. The van der Waals surface area contributed by atoms with Crippen molar-refractivity contribution in [3.8, 4) is 0 Å². The summed E-state index contributed by atoms with van der Waals surface area (Å²) in [4.78, 5) is 25.6. The van der Waals surface area contributed by atoms with Crippen molar-refractivity contribution >= 4 is 12.0 Å². The molecule has 0 radical (unpaired) electrons. The second-order valence-corrected chi connectivity index (χ2v) is 6.75. The second kappa shape index (κ2) is 7.66. The number of amides is 2. The van der Waals surface area contributed by atoms with Crippen molar-refractivity contribution < 1.29 is 14.7 Å². The second-order valence-electron chi connectivity index (χ2n) is 6.75. The quantitative estimate of drug-likeness (QED) is 0.766. The van der Waals surface area contributed by atoms with Crippen LogP contribution in [0.15, 0.2) is 0 Å². The molecule has 0 aliphatic heterocycles. The van der Waals surface area contributed by atoms with Gasteiger partial charge in [0.2, 0.25) is 0 Å². The van der Waals surface area contributed by atoms with Crippen LogP contribution in [0.2, 0.25) is 0 Å². The fraction of sp³-hybridized carbons (Fsp3) is 0.875. The topological polar surface area (TPSA) is 69.6 Å². The number of nitrogens with zero attached hydrogens (tertiary/aromatic N) is 1. The van der Waals surface area contributed by atoms with Crippen LogP contribution in [0.3, 0.4) is 0 Å². The summed E-state index contributed by atoms with van der Waals surface area (Å²) in [5.74, 6) is -0.406. The predicted molar refractivity (Wildman–Crippen MR) is 83.2 cm³/mol. The number of carbonyl (C=O) groups is 2. The molecule has 2 amide bonds. The third-order valence-electron chi connectivity index (χ3n) is 4.99. The summed E-state index contributed by atoms with van der Waals surface area (Å²) in [5.41, 5.74) is -0.784. The molecule has 5 nitrogen and oxygen atoms in total. The minimum atomic E-state index is -0.784. The van der Waals surface area contributed by atoms with Gasteiger partial charge in [-0.25, -0.2) is 4.79 Å². The number of rotatable bonds is 5. The first kappa shape index (κ1) is 17.8. The minimum Gasteiger partial charge on any atom is -0.481 e. The average Bonchev–Trinajstić information content (AvgIpc) is 2.69. The van der Waals surface area contributed by atoms with Gasteiger partial charge in [0.15, 0.2) is 0 Å². The SMILES string of the molecule is CC(C)C(C)N(C)C(=O)NCC1(C(=O)O)CCCCCC1. The molecule has 0 bridgehead atoms. The van der Waals surface area contributed by atoms with Crippen LogP contribution in [-0.4, -0.2) is 41.6 Å². The van der Waals surface area contributed by atoms with Gasteiger partial charge in [0.05, 0.1) is 5.41 Å². The van der Waals surface area contributed by atoms with Crippen LogP contribution in [0.4, 0.5) is 4.79 Å². The van der Waals surface area contributed by atoms with E-state index in [-0.39, 0.29) is 18.6 Å². The third kappa shape index (κ3) is 4.61. The Morgan fingerprint density at radius 2 is 1.67 bits per heavy atom. The normalized spacial score (nSPS) is 19.7. The number of hydrogen-bond donors (Lipinski definition) is 2. The molecule has 1 rings (SSSR count). The maximum Gasteiger partial charge on any atom is 0.317 e. The molecule has 1 fully saturated rings. The van der Waals surface area contributed by atoms with Crippen LogP contribution >= 0.6 is 0 Å². The lowest BCUT2D eigenvalue weighted by Gasteiger charge is -2.32. The van der Waals surface area contributed by atoms with E-state index in [0.29, 0.717) is 18.8 Å². The molecule has 122 valence electrons. The Morgan fingerprint density at radius 1 is 1.14 bits per heavy atom. The number of nitrogens with one attached hydrogen (secondary N) is 1. The molecule has 5 heteroatoms. The van der Waals surface area contributed by atoms with Crippen LogP contribution in [0.25, 0.3) is 0 Å². The summed E-state index contributed by atoms with van der Waals surface area (Å²) in [7, 11) is 1.76. The highest BCUT2D eigenvalue weighted by atomic mass is 16.4. The smallest absolute Gasteiger partial charge is 0.317 e. The van der Waals surface area contributed by atoms with Gasteiger partial charge in [-0.3, -0.25) is 4.79 Å². The Morgan fingerprint density at radius 3 is 2.10 bits per heavy atom. The summed E-state index contributed by atoms with van der Waals surface area (Å²) in [5, 5.41) is 12.4. The molecular formula is C16H30N2O3. The maximum absolute atomic E-state index is 12.2. The lowest BCUT2D eigenvalue weighted by atomic mass is 9.80. The zero-order valence-electron chi connectivity index (χ0n) is 13.8. The molecule has 0 aromatic carbocycles. The molecule has 1 atom stereocenters. The van der Waals surface area contributed by atoms with Crippen molar-refractivity contribution in [2.24, 2.45) is 11.3 Å².